The van der Waals surface area contributed by atoms with Crippen LogP contribution in [0, 0.1) is 0 Å². The van der Waals surface area contributed by atoms with E-state index in [9.17, 15) is 4.79 Å². The van der Waals surface area contributed by atoms with Crippen molar-refractivity contribution in [3.05, 3.63) is 46.4 Å². The van der Waals surface area contributed by atoms with Gasteiger partial charge in [0.05, 0.1) is 5.69 Å². The van der Waals surface area contributed by atoms with Crippen molar-refractivity contribution in [1.82, 2.24) is 14.9 Å². The fourth-order valence-electron chi connectivity index (χ4n) is 3.11. The fraction of sp³-hybridized carbons (Fsp3) is 0.500. The molecule has 1 aromatic carbocycles. The quantitative estimate of drug-likeness (QED) is 0.760. The van der Waals surface area contributed by atoms with Crippen LogP contribution in [0.3, 0.4) is 0 Å². The average Bonchev–Trinajstić information content (AvgIpc) is 2.67. The van der Waals surface area contributed by atoms with Crippen LogP contribution in [0.25, 0.3) is 0 Å². The van der Waals surface area contributed by atoms with Crippen LogP contribution in [0.15, 0.2) is 35.1 Å². The summed E-state index contributed by atoms with van der Waals surface area (Å²) in [6, 6.07) is 9.90. The van der Waals surface area contributed by atoms with Gasteiger partial charge in [-0.1, -0.05) is 20.8 Å². The minimum atomic E-state index is -0.128. The lowest BCUT2D eigenvalue weighted by molar-refractivity contribution is 0.271. The number of aromatic nitrogens is 2. The van der Waals surface area contributed by atoms with E-state index < -0.39 is 0 Å². The van der Waals surface area contributed by atoms with Gasteiger partial charge in [-0.15, -0.1) is 0 Å². The molecule has 1 aliphatic rings. The van der Waals surface area contributed by atoms with Crippen molar-refractivity contribution in [3.8, 4) is 0 Å². The largest absolute Gasteiger partial charge is 0.369 e. The predicted molar refractivity (Wildman–Crippen MR) is 115 cm³/mol. The van der Waals surface area contributed by atoms with Crippen molar-refractivity contribution >= 4 is 29.1 Å². The summed E-state index contributed by atoms with van der Waals surface area (Å²) < 4.78 is 0. The van der Waals surface area contributed by atoms with Crippen LogP contribution in [0.4, 0.5) is 17.3 Å². The number of rotatable bonds is 7. The van der Waals surface area contributed by atoms with E-state index in [0.29, 0.717) is 11.2 Å². The maximum absolute atomic E-state index is 11.9. The molecule has 2 N–H and O–H groups in total. The number of nitrogens with zero attached hydrogens (tertiary/aromatic N) is 3. The first kappa shape index (κ1) is 19.8. The normalized spacial score (nSPS) is 15.3. The molecule has 2 heterocycles. The number of benzene rings is 1. The Balaban J connectivity index is 1.64. The van der Waals surface area contributed by atoms with E-state index in [1.165, 1.54) is 5.69 Å². The van der Waals surface area contributed by atoms with Crippen LogP contribution >= 0.6 is 11.8 Å². The SMILES string of the molecule is CCN1CCN(c2ccc(Nc3nc(CSC(C)C)cc(=O)[nH]3)cc2)CC1. The van der Waals surface area contributed by atoms with Gasteiger partial charge in [0.2, 0.25) is 5.95 Å². The molecule has 0 amide bonds. The molecule has 2 aromatic rings. The summed E-state index contributed by atoms with van der Waals surface area (Å²) in [5.41, 5.74) is 2.82. The monoisotopic (exact) mass is 387 g/mol. The average molecular weight is 388 g/mol. The van der Waals surface area contributed by atoms with Crippen molar-refractivity contribution in [1.29, 1.82) is 0 Å². The number of thioether (sulfide) groups is 1. The van der Waals surface area contributed by atoms with Crippen LogP contribution in [-0.4, -0.2) is 52.8 Å². The Morgan fingerprint density at radius 3 is 2.52 bits per heavy atom. The second-order valence-corrected chi connectivity index (χ2v) is 8.60. The lowest BCUT2D eigenvalue weighted by atomic mass is 10.2. The second kappa shape index (κ2) is 9.28. The molecular weight excluding hydrogens is 358 g/mol. The topological polar surface area (TPSA) is 64.3 Å². The molecule has 1 fully saturated rings. The molecule has 0 spiro atoms. The first-order valence-corrected chi connectivity index (χ1v) is 10.6. The van der Waals surface area contributed by atoms with Gasteiger partial charge in [0.15, 0.2) is 0 Å². The van der Waals surface area contributed by atoms with Gasteiger partial charge < -0.3 is 15.1 Å². The lowest BCUT2D eigenvalue weighted by Crippen LogP contribution is -2.46. The Morgan fingerprint density at radius 1 is 1.19 bits per heavy atom. The molecule has 0 atom stereocenters. The molecule has 1 saturated heterocycles. The second-order valence-electron chi connectivity index (χ2n) is 7.04. The smallest absolute Gasteiger partial charge is 0.252 e. The number of hydrogen-bond acceptors (Lipinski definition) is 6. The van der Waals surface area contributed by atoms with Crippen molar-refractivity contribution in [3.63, 3.8) is 0 Å². The van der Waals surface area contributed by atoms with E-state index in [0.717, 1.165) is 49.9 Å². The van der Waals surface area contributed by atoms with E-state index >= 15 is 0 Å². The molecule has 0 unspecified atom stereocenters. The number of aromatic amines is 1. The van der Waals surface area contributed by atoms with Gasteiger partial charge in [0.25, 0.3) is 5.56 Å². The highest BCUT2D eigenvalue weighted by molar-refractivity contribution is 7.99. The molecule has 1 aliphatic heterocycles. The van der Waals surface area contributed by atoms with Gasteiger partial charge in [-0.25, -0.2) is 4.98 Å². The van der Waals surface area contributed by atoms with E-state index in [2.05, 4.69) is 58.0 Å². The lowest BCUT2D eigenvalue weighted by Gasteiger charge is -2.35. The van der Waals surface area contributed by atoms with E-state index in [4.69, 9.17) is 0 Å². The summed E-state index contributed by atoms with van der Waals surface area (Å²) in [7, 11) is 0. The maximum atomic E-state index is 11.9. The third kappa shape index (κ3) is 5.74. The molecule has 7 heteroatoms. The highest BCUT2D eigenvalue weighted by atomic mass is 32.2. The molecule has 146 valence electrons. The Kier molecular flexibility index (Phi) is 6.79. The van der Waals surface area contributed by atoms with Crippen molar-refractivity contribution in [2.75, 3.05) is 42.9 Å². The van der Waals surface area contributed by atoms with Crippen molar-refractivity contribution in [2.45, 2.75) is 31.8 Å². The third-order valence-corrected chi connectivity index (χ3v) is 5.80. The van der Waals surface area contributed by atoms with Crippen LogP contribution in [-0.2, 0) is 5.75 Å². The molecule has 3 rings (SSSR count). The van der Waals surface area contributed by atoms with Gasteiger partial charge in [-0.3, -0.25) is 9.78 Å². The first-order valence-electron chi connectivity index (χ1n) is 9.59. The summed E-state index contributed by atoms with van der Waals surface area (Å²) in [5.74, 6) is 1.23. The van der Waals surface area contributed by atoms with Gasteiger partial charge in [0, 0.05) is 49.4 Å². The van der Waals surface area contributed by atoms with Crippen LogP contribution in [0.1, 0.15) is 26.5 Å². The molecule has 0 bridgehead atoms. The Bertz CT molecular complexity index is 782. The third-order valence-electron chi connectivity index (χ3n) is 4.67. The number of nitrogens with one attached hydrogen (secondary N) is 2. The Hall–Kier alpha value is -1.99. The highest BCUT2D eigenvalue weighted by Gasteiger charge is 2.15. The minimum Gasteiger partial charge on any atom is -0.369 e. The van der Waals surface area contributed by atoms with E-state index in [1.54, 1.807) is 17.8 Å². The number of piperazine rings is 1. The molecule has 1 aromatic heterocycles. The molecule has 27 heavy (non-hydrogen) atoms. The molecule has 6 nitrogen and oxygen atoms in total. The van der Waals surface area contributed by atoms with Gasteiger partial charge >= 0.3 is 0 Å². The number of anilines is 3. The standard InChI is InChI=1S/C20H29N5OS/c1-4-24-9-11-25(12-10-24)18-7-5-16(6-8-18)21-20-22-17(13-19(26)23-20)14-27-15(2)3/h5-8,13,15H,4,9-12,14H2,1-3H3,(H2,21,22,23,26). The zero-order valence-corrected chi connectivity index (χ0v) is 17.2. The first-order chi connectivity index (χ1) is 13.0. The van der Waals surface area contributed by atoms with E-state index in [-0.39, 0.29) is 5.56 Å². The molecule has 0 radical (unpaired) electrons. The zero-order chi connectivity index (χ0) is 19.2. The summed E-state index contributed by atoms with van der Waals surface area (Å²) in [6.07, 6.45) is 0. The Labute approximate surface area is 165 Å². The fourth-order valence-corrected chi connectivity index (χ4v) is 3.76. The van der Waals surface area contributed by atoms with Gasteiger partial charge in [-0.05, 0) is 36.1 Å². The number of hydrogen-bond donors (Lipinski definition) is 2. The zero-order valence-electron chi connectivity index (χ0n) is 16.4. The van der Waals surface area contributed by atoms with E-state index in [1.807, 2.05) is 12.1 Å². The van der Waals surface area contributed by atoms with Crippen LogP contribution < -0.4 is 15.8 Å². The summed E-state index contributed by atoms with van der Waals surface area (Å²) in [5, 5.41) is 3.72. The summed E-state index contributed by atoms with van der Waals surface area (Å²) >= 11 is 1.78. The summed E-state index contributed by atoms with van der Waals surface area (Å²) in [4.78, 5) is 24.1. The van der Waals surface area contributed by atoms with Crippen molar-refractivity contribution in [2.24, 2.45) is 0 Å². The predicted octanol–water partition coefficient (Wildman–Crippen LogP) is 3.30. The Morgan fingerprint density at radius 2 is 1.89 bits per heavy atom. The molecular formula is C20H29N5OS. The van der Waals surface area contributed by atoms with Crippen molar-refractivity contribution < 1.29 is 0 Å². The van der Waals surface area contributed by atoms with Crippen LogP contribution in [0.5, 0.6) is 0 Å². The van der Waals surface area contributed by atoms with Gasteiger partial charge in [0.1, 0.15) is 0 Å². The maximum Gasteiger partial charge on any atom is 0.252 e. The minimum absolute atomic E-state index is 0.128. The molecule has 0 aliphatic carbocycles. The number of H-pyrrole nitrogens is 1. The molecule has 0 saturated carbocycles. The van der Waals surface area contributed by atoms with Crippen LogP contribution in [0.2, 0.25) is 0 Å². The van der Waals surface area contributed by atoms with Gasteiger partial charge in [-0.2, -0.15) is 11.8 Å². The number of likely N-dealkylation sites (N-methyl/N-ethyl adjacent to an activating group) is 1. The highest BCUT2D eigenvalue weighted by Crippen LogP contribution is 2.21. The summed E-state index contributed by atoms with van der Waals surface area (Å²) in [6.45, 7) is 12.0.